The lowest BCUT2D eigenvalue weighted by atomic mass is 10.0. The van der Waals surface area contributed by atoms with Crippen molar-refractivity contribution in [2.24, 2.45) is 0 Å². The third-order valence-electron chi connectivity index (χ3n) is 4.89. The van der Waals surface area contributed by atoms with Crippen molar-refractivity contribution in [1.29, 1.82) is 0 Å². The molecule has 2 aromatic rings. The summed E-state index contributed by atoms with van der Waals surface area (Å²) in [6.45, 7) is 3.75. The van der Waals surface area contributed by atoms with Gasteiger partial charge >= 0.3 is 0 Å². The molecule has 0 saturated carbocycles. The van der Waals surface area contributed by atoms with E-state index in [0.717, 1.165) is 30.7 Å². The molecule has 1 aromatic heterocycles. The Hall–Kier alpha value is -2.97. The third-order valence-corrected chi connectivity index (χ3v) is 4.89. The van der Waals surface area contributed by atoms with Gasteiger partial charge in [0.1, 0.15) is 17.6 Å². The summed E-state index contributed by atoms with van der Waals surface area (Å²) >= 11 is 0. The number of rotatable bonds is 9. The van der Waals surface area contributed by atoms with Crippen LogP contribution in [0.25, 0.3) is 0 Å². The second-order valence-corrected chi connectivity index (χ2v) is 6.87. The van der Waals surface area contributed by atoms with Gasteiger partial charge in [0.25, 0.3) is 0 Å². The highest BCUT2D eigenvalue weighted by molar-refractivity contribution is 5.80. The van der Waals surface area contributed by atoms with Crippen LogP contribution in [0.5, 0.6) is 5.75 Å². The molecular formula is C19H26N6O3. The summed E-state index contributed by atoms with van der Waals surface area (Å²) in [5, 5.41) is 14.5. The Kier molecular flexibility index (Phi) is 6.57. The van der Waals surface area contributed by atoms with Crippen LogP contribution in [0.1, 0.15) is 36.7 Å². The quantitative estimate of drug-likeness (QED) is 0.643. The lowest BCUT2D eigenvalue weighted by molar-refractivity contribution is -0.127. The number of nitrogens with one attached hydrogen (secondary N) is 1. The van der Waals surface area contributed by atoms with Gasteiger partial charge in [0.05, 0.1) is 7.11 Å². The molecular weight excluding hydrogens is 360 g/mol. The maximum absolute atomic E-state index is 12.9. The van der Waals surface area contributed by atoms with Crippen molar-refractivity contribution in [2.45, 2.75) is 38.6 Å². The lowest BCUT2D eigenvalue weighted by Gasteiger charge is -2.19. The van der Waals surface area contributed by atoms with Gasteiger partial charge in [0.15, 0.2) is 0 Å². The third kappa shape index (κ3) is 4.85. The summed E-state index contributed by atoms with van der Waals surface area (Å²) in [7, 11) is 1.61. The number of amides is 2. The van der Waals surface area contributed by atoms with Crippen LogP contribution in [0, 0.1) is 6.92 Å². The minimum Gasteiger partial charge on any atom is -0.497 e. The van der Waals surface area contributed by atoms with Gasteiger partial charge in [-0.2, -0.15) is 0 Å². The van der Waals surface area contributed by atoms with E-state index in [4.69, 9.17) is 4.74 Å². The fourth-order valence-electron chi connectivity index (χ4n) is 3.38. The fraction of sp³-hybridized carbons (Fsp3) is 0.526. The molecule has 1 atom stereocenters. The molecule has 9 heteroatoms. The van der Waals surface area contributed by atoms with Crippen molar-refractivity contribution in [3.05, 3.63) is 35.7 Å². The van der Waals surface area contributed by atoms with Crippen LogP contribution in [0.15, 0.2) is 24.3 Å². The van der Waals surface area contributed by atoms with E-state index in [1.165, 1.54) is 0 Å². The van der Waals surface area contributed by atoms with Crippen molar-refractivity contribution in [2.75, 3.05) is 26.7 Å². The predicted octanol–water partition coefficient (Wildman–Crippen LogP) is 0.903. The Balaban J connectivity index is 1.62. The van der Waals surface area contributed by atoms with E-state index in [1.807, 2.05) is 29.2 Å². The van der Waals surface area contributed by atoms with Gasteiger partial charge in [0, 0.05) is 32.5 Å². The first-order chi connectivity index (χ1) is 13.6. The van der Waals surface area contributed by atoms with Crippen LogP contribution in [-0.2, 0) is 16.0 Å². The van der Waals surface area contributed by atoms with Gasteiger partial charge < -0.3 is 15.0 Å². The monoisotopic (exact) mass is 386 g/mol. The van der Waals surface area contributed by atoms with Gasteiger partial charge in [0.2, 0.25) is 11.8 Å². The number of hydrogen-bond acceptors (Lipinski definition) is 6. The van der Waals surface area contributed by atoms with E-state index in [2.05, 4.69) is 20.8 Å². The number of carbonyl (C=O) groups is 2. The van der Waals surface area contributed by atoms with E-state index in [-0.39, 0.29) is 11.8 Å². The first-order valence-corrected chi connectivity index (χ1v) is 9.51. The minimum atomic E-state index is -0.560. The molecule has 3 rings (SSSR count). The maximum atomic E-state index is 12.9. The summed E-state index contributed by atoms with van der Waals surface area (Å²) in [5.41, 5.74) is 0.956. The molecule has 0 bridgehead atoms. The average molecular weight is 386 g/mol. The number of nitrogens with zero attached hydrogens (tertiary/aromatic N) is 5. The molecule has 1 fully saturated rings. The molecule has 2 amide bonds. The Bertz CT molecular complexity index is 822. The van der Waals surface area contributed by atoms with Crippen LogP contribution < -0.4 is 10.1 Å². The molecule has 0 spiro atoms. The van der Waals surface area contributed by atoms with Crippen LogP contribution in [0.2, 0.25) is 0 Å². The summed E-state index contributed by atoms with van der Waals surface area (Å²) in [6.07, 6.45) is 2.72. The molecule has 150 valence electrons. The molecule has 0 unspecified atom stereocenters. The van der Waals surface area contributed by atoms with Crippen molar-refractivity contribution in [3.63, 3.8) is 0 Å². The van der Waals surface area contributed by atoms with E-state index in [0.29, 0.717) is 31.8 Å². The Morgan fingerprint density at radius 3 is 2.93 bits per heavy atom. The second kappa shape index (κ2) is 9.29. The fourth-order valence-corrected chi connectivity index (χ4v) is 3.38. The largest absolute Gasteiger partial charge is 0.497 e. The molecule has 2 heterocycles. The predicted molar refractivity (Wildman–Crippen MR) is 102 cm³/mol. The van der Waals surface area contributed by atoms with E-state index >= 15 is 0 Å². The number of methoxy groups -OCH3 is 1. The highest BCUT2D eigenvalue weighted by Crippen LogP contribution is 2.19. The lowest BCUT2D eigenvalue weighted by Crippen LogP contribution is -2.37. The van der Waals surface area contributed by atoms with Crippen LogP contribution >= 0.6 is 0 Å². The molecule has 1 N–H and O–H groups in total. The van der Waals surface area contributed by atoms with E-state index in [1.54, 1.807) is 18.7 Å². The Morgan fingerprint density at radius 2 is 2.25 bits per heavy atom. The number of hydrogen-bond donors (Lipinski definition) is 1. The van der Waals surface area contributed by atoms with Gasteiger partial charge in [-0.1, -0.05) is 12.1 Å². The normalized spacial score (nSPS) is 14.9. The summed E-state index contributed by atoms with van der Waals surface area (Å²) in [6, 6.07) is 7.04. The number of aromatic nitrogens is 4. The zero-order valence-corrected chi connectivity index (χ0v) is 16.3. The highest BCUT2D eigenvalue weighted by atomic mass is 16.5. The molecule has 1 aliphatic heterocycles. The molecule has 28 heavy (non-hydrogen) atoms. The number of tetrazole rings is 1. The van der Waals surface area contributed by atoms with Crippen LogP contribution in [0.3, 0.4) is 0 Å². The number of aryl methyl sites for hydroxylation is 1. The van der Waals surface area contributed by atoms with E-state index < -0.39 is 6.04 Å². The standard InChI is InChI=1S/C19H26N6O3/c1-14-21-22-23-25(14)17(13-15-6-3-7-16(12-15)28-2)19(27)20-9-5-11-24-10-4-8-18(24)26/h3,6-7,12,17H,4-5,8-11,13H2,1-2H3,(H,20,27)/t17-/m0/s1. The average Bonchev–Trinajstić information content (AvgIpc) is 3.31. The zero-order valence-electron chi connectivity index (χ0n) is 16.3. The number of likely N-dealkylation sites (tertiary alicyclic amines) is 1. The van der Waals surface area contributed by atoms with Gasteiger partial charge in [-0.3, -0.25) is 9.59 Å². The number of ether oxygens (including phenoxy) is 1. The number of carbonyl (C=O) groups excluding carboxylic acids is 2. The summed E-state index contributed by atoms with van der Waals surface area (Å²) in [4.78, 5) is 26.4. The summed E-state index contributed by atoms with van der Waals surface area (Å²) in [5.74, 6) is 1.36. The maximum Gasteiger partial charge on any atom is 0.245 e. The number of benzene rings is 1. The first-order valence-electron chi connectivity index (χ1n) is 9.51. The van der Waals surface area contributed by atoms with Crippen molar-refractivity contribution in [3.8, 4) is 5.75 Å². The second-order valence-electron chi connectivity index (χ2n) is 6.87. The molecule has 1 aliphatic rings. The summed E-state index contributed by atoms with van der Waals surface area (Å²) < 4.78 is 6.81. The Labute approximate surface area is 164 Å². The van der Waals surface area contributed by atoms with Crippen molar-refractivity contribution in [1.82, 2.24) is 30.4 Å². The smallest absolute Gasteiger partial charge is 0.245 e. The van der Waals surface area contributed by atoms with Gasteiger partial charge in [-0.05, 0) is 47.9 Å². The minimum absolute atomic E-state index is 0.147. The Morgan fingerprint density at radius 1 is 1.39 bits per heavy atom. The van der Waals surface area contributed by atoms with Gasteiger partial charge in [-0.25, -0.2) is 4.68 Å². The van der Waals surface area contributed by atoms with Crippen molar-refractivity contribution >= 4 is 11.8 Å². The molecule has 1 saturated heterocycles. The van der Waals surface area contributed by atoms with Crippen molar-refractivity contribution < 1.29 is 14.3 Å². The van der Waals surface area contributed by atoms with Crippen LogP contribution in [-0.4, -0.2) is 63.7 Å². The topological polar surface area (TPSA) is 102 Å². The SMILES string of the molecule is COc1cccc(C[C@@H](C(=O)NCCCN2CCCC2=O)n2nnnc2C)c1. The van der Waals surface area contributed by atoms with Gasteiger partial charge in [-0.15, -0.1) is 5.10 Å². The zero-order chi connectivity index (χ0) is 19.9. The highest BCUT2D eigenvalue weighted by Gasteiger charge is 2.24. The molecule has 0 radical (unpaired) electrons. The van der Waals surface area contributed by atoms with E-state index in [9.17, 15) is 9.59 Å². The molecule has 9 nitrogen and oxygen atoms in total. The molecule has 1 aromatic carbocycles. The molecule has 0 aliphatic carbocycles. The van der Waals surface area contributed by atoms with Crippen LogP contribution in [0.4, 0.5) is 0 Å². The first kappa shape index (κ1) is 19.8.